The number of hydrogen-bond donors (Lipinski definition) is 3. The van der Waals surface area contributed by atoms with Crippen molar-refractivity contribution < 1.29 is 28.9 Å². The summed E-state index contributed by atoms with van der Waals surface area (Å²) in [6, 6.07) is 5.13. The lowest BCUT2D eigenvalue weighted by Crippen LogP contribution is -2.51. The highest BCUT2D eigenvalue weighted by atomic mass is 19.1. The molecule has 7 heteroatoms. The van der Waals surface area contributed by atoms with Gasteiger partial charge in [0.05, 0.1) is 30.7 Å². The Morgan fingerprint density at radius 3 is 2.68 bits per heavy atom. The lowest BCUT2D eigenvalue weighted by molar-refractivity contribution is -0.145. The monoisotopic (exact) mass is 311 g/mol. The molecule has 1 fully saturated rings. The highest BCUT2D eigenvalue weighted by molar-refractivity contribution is 5.94. The molecule has 120 valence electrons. The van der Waals surface area contributed by atoms with Crippen molar-refractivity contribution in [3.8, 4) is 0 Å². The molecule has 3 atom stereocenters. The fourth-order valence-electron chi connectivity index (χ4n) is 2.53. The summed E-state index contributed by atoms with van der Waals surface area (Å²) in [5.41, 5.74) is -0.0770. The molecule has 1 aliphatic heterocycles. The Hall–Kier alpha value is -1.99. The maximum absolute atomic E-state index is 13.6. The van der Waals surface area contributed by atoms with Gasteiger partial charge in [-0.25, -0.2) is 4.39 Å². The van der Waals surface area contributed by atoms with Crippen LogP contribution in [0.2, 0.25) is 0 Å². The van der Waals surface area contributed by atoms with Crippen molar-refractivity contribution in [3.05, 3.63) is 35.6 Å². The van der Waals surface area contributed by atoms with Gasteiger partial charge in [0, 0.05) is 0 Å². The third-order valence-electron chi connectivity index (χ3n) is 3.63. The van der Waals surface area contributed by atoms with Crippen LogP contribution in [-0.2, 0) is 9.53 Å². The van der Waals surface area contributed by atoms with Crippen LogP contribution in [0.3, 0.4) is 0 Å². The van der Waals surface area contributed by atoms with E-state index in [1.807, 2.05) is 0 Å². The second-order valence-electron chi connectivity index (χ2n) is 5.21. The van der Waals surface area contributed by atoms with Crippen LogP contribution in [0.15, 0.2) is 24.3 Å². The molecular formula is C15H18FNO5. The molecule has 22 heavy (non-hydrogen) atoms. The first kappa shape index (κ1) is 16.4. The van der Waals surface area contributed by atoms with Crippen LogP contribution < -0.4 is 5.32 Å². The van der Waals surface area contributed by atoms with Crippen molar-refractivity contribution in [1.29, 1.82) is 0 Å². The molecule has 1 amide bonds. The topological polar surface area (TPSA) is 95.9 Å². The third kappa shape index (κ3) is 4.02. The first-order chi connectivity index (χ1) is 10.5. The van der Waals surface area contributed by atoms with E-state index in [0.29, 0.717) is 12.8 Å². The number of benzene rings is 1. The summed E-state index contributed by atoms with van der Waals surface area (Å²) in [6.45, 7) is -0.349. The molecule has 0 bridgehead atoms. The minimum atomic E-state index is -0.976. The standard InChI is InChI=1S/C15H18FNO5/c16-11-4-2-1-3-10(11)15(21)17-12-6-5-9(7-14(19)20)22-13(12)8-18/h1-4,9,12-13,18H,5-8H2,(H,17,21)(H,19,20)/t9-,12+,13+/m1/s1. The van der Waals surface area contributed by atoms with E-state index >= 15 is 0 Å². The molecule has 0 unspecified atom stereocenters. The zero-order chi connectivity index (χ0) is 16.1. The number of amides is 1. The van der Waals surface area contributed by atoms with Crippen molar-refractivity contribution in [3.63, 3.8) is 0 Å². The predicted molar refractivity (Wildman–Crippen MR) is 74.9 cm³/mol. The first-order valence-electron chi connectivity index (χ1n) is 7.04. The van der Waals surface area contributed by atoms with Gasteiger partial charge in [-0.15, -0.1) is 0 Å². The Morgan fingerprint density at radius 2 is 2.05 bits per heavy atom. The summed E-state index contributed by atoms with van der Waals surface area (Å²) in [5.74, 6) is -2.18. The molecule has 0 radical (unpaired) electrons. The number of aliphatic hydroxyl groups excluding tert-OH is 1. The molecule has 6 nitrogen and oxygen atoms in total. The zero-order valence-electron chi connectivity index (χ0n) is 11.9. The van der Waals surface area contributed by atoms with Gasteiger partial charge in [0.1, 0.15) is 11.9 Å². The summed E-state index contributed by atoms with van der Waals surface area (Å²) in [4.78, 5) is 22.8. The van der Waals surface area contributed by atoms with Gasteiger partial charge in [-0.2, -0.15) is 0 Å². The second kappa shape index (κ2) is 7.33. The molecule has 1 aromatic carbocycles. The van der Waals surface area contributed by atoms with E-state index in [1.165, 1.54) is 18.2 Å². The summed E-state index contributed by atoms with van der Waals surface area (Å²) in [7, 11) is 0. The molecule has 1 heterocycles. The smallest absolute Gasteiger partial charge is 0.305 e. The Morgan fingerprint density at radius 1 is 1.32 bits per heavy atom. The number of carboxylic acid groups (broad SMARTS) is 1. The van der Waals surface area contributed by atoms with Gasteiger partial charge in [0.25, 0.3) is 5.91 Å². The van der Waals surface area contributed by atoms with Gasteiger partial charge in [-0.05, 0) is 25.0 Å². The molecule has 1 aliphatic rings. The fourth-order valence-corrected chi connectivity index (χ4v) is 2.53. The van der Waals surface area contributed by atoms with E-state index in [0.717, 1.165) is 0 Å². The SMILES string of the molecule is O=C(O)C[C@H]1CC[C@H](NC(=O)c2ccccc2F)[C@H](CO)O1. The molecular weight excluding hydrogens is 293 g/mol. The molecule has 0 aromatic heterocycles. The third-order valence-corrected chi connectivity index (χ3v) is 3.63. The second-order valence-corrected chi connectivity index (χ2v) is 5.21. The van der Waals surface area contributed by atoms with E-state index in [4.69, 9.17) is 9.84 Å². The number of hydrogen-bond acceptors (Lipinski definition) is 4. The van der Waals surface area contributed by atoms with E-state index in [9.17, 15) is 19.1 Å². The van der Waals surface area contributed by atoms with E-state index < -0.39 is 35.9 Å². The van der Waals surface area contributed by atoms with E-state index in [1.54, 1.807) is 6.07 Å². The largest absolute Gasteiger partial charge is 0.481 e. The lowest BCUT2D eigenvalue weighted by Gasteiger charge is -2.35. The number of carbonyl (C=O) groups excluding carboxylic acids is 1. The number of ether oxygens (including phenoxy) is 1. The minimum Gasteiger partial charge on any atom is -0.481 e. The Labute approximate surface area is 126 Å². The minimum absolute atomic E-state index is 0.0770. The van der Waals surface area contributed by atoms with Crippen LogP contribution in [0, 0.1) is 5.82 Å². The van der Waals surface area contributed by atoms with Crippen molar-refractivity contribution in [2.24, 2.45) is 0 Å². The van der Waals surface area contributed by atoms with Gasteiger partial charge in [0.15, 0.2) is 0 Å². The van der Waals surface area contributed by atoms with Crippen molar-refractivity contribution in [2.45, 2.75) is 37.5 Å². The summed E-state index contributed by atoms with van der Waals surface area (Å²) >= 11 is 0. The van der Waals surface area contributed by atoms with Crippen LogP contribution in [0.25, 0.3) is 0 Å². The van der Waals surface area contributed by atoms with Crippen LogP contribution in [0.5, 0.6) is 0 Å². The number of rotatable bonds is 5. The molecule has 1 aromatic rings. The van der Waals surface area contributed by atoms with E-state index in [-0.39, 0.29) is 18.6 Å². The molecule has 0 saturated carbocycles. The number of halogens is 1. The molecule has 2 rings (SSSR count). The van der Waals surface area contributed by atoms with Crippen molar-refractivity contribution >= 4 is 11.9 Å². The molecule has 0 spiro atoms. The average Bonchev–Trinajstić information content (AvgIpc) is 2.48. The van der Waals surface area contributed by atoms with Crippen LogP contribution in [-0.4, -0.2) is 46.9 Å². The van der Waals surface area contributed by atoms with Gasteiger partial charge in [-0.1, -0.05) is 12.1 Å². The lowest BCUT2D eigenvalue weighted by atomic mass is 9.96. The maximum atomic E-state index is 13.6. The van der Waals surface area contributed by atoms with Crippen LogP contribution >= 0.6 is 0 Å². The molecule has 3 N–H and O–H groups in total. The van der Waals surface area contributed by atoms with Gasteiger partial charge >= 0.3 is 5.97 Å². The number of carboxylic acids is 1. The predicted octanol–water partition coefficient (Wildman–Crippen LogP) is 0.939. The number of aliphatic hydroxyl groups is 1. The van der Waals surface area contributed by atoms with E-state index in [2.05, 4.69) is 5.32 Å². The highest BCUT2D eigenvalue weighted by Crippen LogP contribution is 2.22. The molecule has 1 saturated heterocycles. The van der Waals surface area contributed by atoms with Gasteiger partial charge in [0.2, 0.25) is 0 Å². The zero-order valence-corrected chi connectivity index (χ0v) is 11.9. The number of nitrogens with one attached hydrogen (secondary N) is 1. The number of aliphatic carboxylic acids is 1. The first-order valence-corrected chi connectivity index (χ1v) is 7.04. The van der Waals surface area contributed by atoms with Crippen LogP contribution in [0.4, 0.5) is 4.39 Å². The Bertz CT molecular complexity index is 550. The summed E-state index contributed by atoms with van der Waals surface area (Å²) in [6.07, 6.45) is -0.427. The fraction of sp³-hybridized carbons (Fsp3) is 0.467. The van der Waals surface area contributed by atoms with Gasteiger partial charge < -0.3 is 20.3 Å². The van der Waals surface area contributed by atoms with Crippen molar-refractivity contribution in [1.82, 2.24) is 5.32 Å². The normalized spacial score (nSPS) is 24.7. The van der Waals surface area contributed by atoms with Crippen LogP contribution in [0.1, 0.15) is 29.6 Å². The molecule has 0 aliphatic carbocycles. The average molecular weight is 311 g/mol. The maximum Gasteiger partial charge on any atom is 0.305 e. The Kier molecular flexibility index (Phi) is 5.46. The summed E-state index contributed by atoms with van der Waals surface area (Å²) in [5, 5.41) is 20.8. The highest BCUT2D eigenvalue weighted by Gasteiger charge is 2.33. The van der Waals surface area contributed by atoms with Gasteiger partial charge in [-0.3, -0.25) is 9.59 Å². The quantitative estimate of drug-likeness (QED) is 0.752. The van der Waals surface area contributed by atoms with Crippen molar-refractivity contribution in [2.75, 3.05) is 6.61 Å². The summed E-state index contributed by atoms with van der Waals surface area (Å²) < 4.78 is 19.1. The Balaban J connectivity index is 1.99. The number of carbonyl (C=O) groups is 2.